The lowest BCUT2D eigenvalue weighted by Gasteiger charge is -2.03. The zero-order valence-corrected chi connectivity index (χ0v) is 15.6. The van der Waals surface area contributed by atoms with Crippen LogP contribution in [0.3, 0.4) is 0 Å². The van der Waals surface area contributed by atoms with E-state index in [1.807, 2.05) is 47.2 Å². The second kappa shape index (κ2) is 7.69. The van der Waals surface area contributed by atoms with Crippen molar-refractivity contribution in [3.63, 3.8) is 0 Å². The van der Waals surface area contributed by atoms with E-state index in [2.05, 4.69) is 20.6 Å². The number of rotatable bonds is 5. The Morgan fingerprint density at radius 3 is 2.89 bits per heavy atom. The summed E-state index contributed by atoms with van der Waals surface area (Å²) in [6.45, 7) is 0.215. The summed E-state index contributed by atoms with van der Waals surface area (Å²) in [5.74, 6) is 0.308. The van der Waals surface area contributed by atoms with E-state index in [4.69, 9.17) is 11.6 Å². The predicted octanol–water partition coefficient (Wildman–Crippen LogP) is 3.84. The maximum atomic E-state index is 12.1. The normalized spacial score (nSPS) is 11.3. The number of aromatic nitrogens is 4. The van der Waals surface area contributed by atoms with Crippen molar-refractivity contribution in [1.82, 2.24) is 25.1 Å². The number of nitrogens with zero attached hydrogens (tertiary/aromatic N) is 4. The Kier molecular flexibility index (Phi) is 4.95. The van der Waals surface area contributed by atoms with Crippen molar-refractivity contribution in [2.75, 3.05) is 0 Å². The first-order valence-corrected chi connectivity index (χ1v) is 9.47. The van der Waals surface area contributed by atoms with Crippen LogP contribution in [0.2, 0.25) is 5.02 Å². The van der Waals surface area contributed by atoms with Crippen molar-refractivity contribution >= 4 is 40.6 Å². The van der Waals surface area contributed by atoms with Crippen LogP contribution in [0, 0.1) is 0 Å². The molecule has 0 saturated heterocycles. The molecular weight excluding hydrogens is 382 g/mol. The van der Waals surface area contributed by atoms with Gasteiger partial charge in [0.15, 0.2) is 11.5 Å². The first-order chi connectivity index (χ1) is 13.2. The number of halogens is 1. The molecule has 27 heavy (non-hydrogen) atoms. The lowest BCUT2D eigenvalue weighted by molar-refractivity contribution is -0.116. The summed E-state index contributed by atoms with van der Waals surface area (Å²) in [6.07, 6.45) is 3.11. The molecule has 0 aliphatic carbocycles. The van der Waals surface area contributed by atoms with Crippen LogP contribution < -0.4 is 5.32 Å². The first-order valence-electron chi connectivity index (χ1n) is 8.15. The highest BCUT2D eigenvalue weighted by Crippen LogP contribution is 2.20. The molecule has 0 fully saturated rings. The fourth-order valence-corrected chi connectivity index (χ4v) is 3.36. The van der Waals surface area contributed by atoms with Crippen LogP contribution in [-0.2, 0) is 11.3 Å². The highest BCUT2D eigenvalue weighted by molar-refractivity contribution is 7.08. The zero-order chi connectivity index (χ0) is 18.6. The molecule has 4 aromatic rings. The number of hydrogen-bond acceptors (Lipinski definition) is 5. The number of benzene rings is 1. The van der Waals surface area contributed by atoms with Crippen LogP contribution in [0.4, 0.5) is 0 Å². The molecule has 4 rings (SSSR count). The van der Waals surface area contributed by atoms with Gasteiger partial charge in [-0.25, -0.2) is 0 Å². The minimum absolute atomic E-state index is 0.215. The number of fused-ring (bicyclic) bond motifs is 1. The Bertz CT molecular complexity index is 1120. The number of carbonyl (C=O) groups excluding carboxylic acids is 1. The molecule has 0 spiro atoms. The van der Waals surface area contributed by atoms with Gasteiger partial charge in [0.25, 0.3) is 0 Å². The molecule has 0 bridgehead atoms. The summed E-state index contributed by atoms with van der Waals surface area (Å²) in [7, 11) is 0. The average Bonchev–Trinajstić information content (AvgIpc) is 3.35. The Morgan fingerprint density at radius 1 is 1.19 bits per heavy atom. The van der Waals surface area contributed by atoms with Gasteiger partial charge in [-0.1, -0.05) is 29.8 Å². The molecule has 1 N–H and O–H groups in total. The van der Waals surface area contributed by atoms with Crippen LogP contribution in [0.15, 0.2) is 59.3 Å². The number of amides is 1. The molecule has 1 amide bonds. The third-order valence-corrected chi connectivity index (χ3v) is 4.91. The third kappa shape index (κ3) is 3.89. The monoisotopic (exact) mass is 395 g/mol. The molecule has 0 aliphatic rings. The van der Waals surface area contributed by atoms with E-state index in [1.54, 1.807) is 28.0 Å². The van der Waals surface area contributed by atoms with Gasteiger partial charge in [-0.15, -0.1) is 10.2 Å². The number of thiophene rings is 1. The van der Waals surface area contributed by atoms with Crippen LogP contribution in [0.5, 0.6) is 0 Å². The molecule has 0 saturated carbocycles. The molecule has 1 aromatic carbocycles. The van der Waals surface area contributed by atoms with E-state index < -0.39 is 0 Å². The molecule has 3 heterocycles. The standard InChI is InChI=1S/C19H14ClN5OS/c20-15-4-2-1-3-13(15)5-8-19(26)21-11-18-23-22-17-7-6-16(24-25(17)18)14-9-10-27-12-14/h1-10,12H,11H2,(H,21,26). The maximum absolute atomic E-state index is 12.1. The Balaban J connectivity index is 1.48. The largest absolute Gasteiger partial charge is 0.345 e. The van der Waals surface area contributed by atoms with Gasteiger partial charge < -0.3 is 5.32 Å². The molecule has 0 radical (unpaired) electrons. The number of nitrogens with one attached hydrogen (secondary N) is 1. The predicted molar refractivity (Wildman–Crippen MR) is 106 cm³/mol. The van der Waals surface area contributed by atoms with Gasteiger partial charge in [0.2, 0.25) is 5.91 Å². The Labute approximate surface area is 164 Å². The van der Waals surface area contributed by atoms with E-state index in [-0.39, 0.29) is 12.5 Å². The van der Waals surface area contributed by atoms with E-state index in [1.165, 1.54) is 6.08 Å². The minimum Gasteiger partial charge on any atom is -0.345 e. The van der Waals surface area contributed by atoms with E-state index in [9.17, 15) is 4.79 Å². The molecule has 0 unspecified atom stereocenters. The molecule has 3 aromatic heterocycles. The smallest absolute Gasteiger partial charge is 0.244 e. The molecular formula is C19H14ClN5OS. The van der Waals surface area contributed by atoms with Crippen molar-refractivity contribution in [2.45, 2.75) is 6.54 Å². The molecule has 6 nitrogen and oxygen atoms in total. The topological polar surface area (TPSA) is 72.2 Å². The second-order valence-corrected chi connectivity index (χ2v) is 6.88. The SMILES string of the molecule is O=C(C=Cc1ccccc1Cl)NCc1nnc2ccc(-c3ccsc3)nn12. The average molecular weight is 396 g/mol. The van der Waals surface area contributed by atoms with Crippen LogP contribution in [-0.4, -0.2) is 25.7 Å². The second-order valence-electron chi connectivity index (χ2n) is 5.69. The van der Waals surface area contributed by atoms with Crippen molar-refractivity contribution in [3.05, 3.63) is 75.7 Å². The van der Waals surface area contributed by atoms with Crippen molar-refractivity contribution in [2.24, 2.45) is 0 Å². The first kappa shape index (κ1) is 17.4. The quantitative estimate of drug-likeness (QED) is 0.521. The fourth-order valence-electron chi connectivity index (χ4n) is 2.51. The lowest BCUT2D eigenvalue weighted by Crippen LogP contribution is -2.22. The molecule has 0 atom stereocenters. The molecule has 134 valence electrons. The third-order valence-electron chi connectivity index (χ3n) is 3.88. The summed E-state index contributed by atoms with van der Waals surface area (Å²) in [6, 6.07) is 13.1. The Hall–Kier alpha value is -3.03. The highest BCUT2D eigenvalue weighted by atomic mass is 35.5. The van der Waals surface area contributed by atoms with Gasteiger partial charge in [-0.05, 0) is 41.3 Å². The van der Waals surface area contributed by atoms with Gasteiger partial charge in [0.05, 0.1) is 12.2 Å². The lowest BCUT2D eigenvalue weighted by atomic mass is 10.2. The van der Waals surface area contributed by atoms with Gasteiger partial charge in [0, 0.05) is 22.0 Å². The summed E-state index contributed by atoms with van der Waals surface area (Å²) in [4.78, 5) is 12.1. The summed E-state index contributed by atoms with van der Waals surface area (Å²) in [5, 5.41) is 20.2. The molecule has 0 aliphatic heterocycles. The number of hydrogen-bond donors (Lipinski definition) is 1. The van der Waals surface area contributed by atoms with Crippen LogP contribution in [0.25, 0.3) is 23.0 Å². The van der Waals surface area contributed by atoms with E-state index in [0.29, 0.717) is 16.5 Å². The van der Waals surface area contributed by atoms with Crippen molar-refractivity contribution in [1.29, 1.82) is 0 Å². The van der Waals surface area contributed by atoms with Crippen molar-refractivity contribution in [3.8, 4) is 11.3 Å². The van der Waals surface area contributed by atoms with Crippen LogP contribution >= 0.6 is 22.9 Å². The van der Waals surface area contributed by atoms with Gasteiger partial charge in [-0.3, -0.25) is 4.79 Å². The Morgan fingerprint density at radius 2 is 2.07 bits per heavy atom. The number of carbonyl (C=O) groups is 1. The van der Waals surface area contributed by atoms with Gasteiger partial charge >= 0.3 is 0 Å². The van der Waals surface area contributed by atoms with Crippen LogP contribution in [0.1, 0.15) is 11.4 Å². The highest BCUT2D eigenvalue weighted by Gasteiger charge is 2.09. The minimum atomic E-state index is -0.249. The summed E-state index contributed by atoms with van der Waals surface area (Å²) >= 11 is 7.69. The summed E-state index contributed by atoms with van der Waals surface area (Å²) in [5.41, 5.74) is 3.28. The maximum Gasteiger partial charge on any atom is 0.244 e. The van der Waals surface area contributed by atoms with Gasteiger partial charge in [-0.2, -0.15) is 21.0 Å². The molecule has 8 heteroatoms. The van der Waals surface area contributed by atoms with Crippen molar-refractivity contribution < 1.29 is 4.79 Å². The van der Waals surface area contributed by atoms with E-state index in [0.717, 1.165) is 16.8 Å². The zero-order valence-electron chi connectivity index (χ0n) is 14.0. The summed E-state index contributed by atoms with van der Waals surface area (Å²) < 4.78 is 1.64. The fraction of sp³-hybridized carbons (Fsp3) is 0.0526. The van der Waals surface area contributed by atoms with E-state index >= 15 is 0 Å². The van der Waals surface area contributed by atoms with Gasteiger partial charge in [0.1, 0.15) is 0 Å².